The first-order valence-electron chi connectivity index (χ1n) is 8.77. The van der Waals surface area contributed by atoms with Crippen molar-refractivity contribution in [3.05, 3.63) is 40.0 Å². The van der Waals surface area contributed by atoms with Crippen molar-refractivity contribution in [1.82, 2.24) is 9.97 Å². The number of nitrogens with two attached hydrogens (primary N) is 1. The number of anilines is 1. The SMILES string of the molecule is COc1cccc(-c2csc3c(=O)[nH]c(N4CCC[C@@H](C(N)=O)C4)nc23)c1. The van der Waals surface area contributed by atoms with E-state index in [1.165, 1.54) is 11.3 Å². The number of aromatic nitrogens is 2. The van der Waals surface area contributed by atoms with Crippen molar-refractivity contribution in [2.45, 2.75) is 12.8 Å². The molecule has 2 aromatic heterocycles. The van der Waals surface area contributed by atoms with Gasteiger partial charge in [-0.2, -0.15) is 0 Å². The Morgan fingerprint density at radius 3 is 3.07 bits per heavy atom. The van der Waals surface area contributed by atoms with Gasteiger partial charge in [0.15, 0.2) is 0 Å². The molecule has 0 spiro atoms. The molecule has 1 aromatic carbocycles. The number of nitrogens with one attached hydrogen (secondary N) is 1. The summed E-state index contributed by atoms with van der Waals surface area (Å²) in [4.78, 5) is 33.7. The summed E-state index contributed by atoms with van der Waals surface area (Å²) in [6, 6.07) is 7.68. The topological polar surface area (TPSA) is 101 Å². The van der Waals surface area contributed by atoms with Gasteiger partial charge in [-0.15, -0.1) is 11.3 Å². The van der Waals surface area contributed by atoms with Crippen molar-refractivity contribution >= 4 is 33.4 Å². The van der Waals surface area contributed by atoms with E-state index >= 15 is 0 Å². The molecule has 1 aliphatic heterocycles. The summed E-state index contributed by atoms with van der Waals surface area (Å²) in [5.74, 6) is 0.703. The third-order valence-corrected chi connectivity index (χ3v) is 5.89. The number of methoxy groups -OCH3 is 1. The number of ether oxygens (including phenoxy) is 1. The minimum atomic E-state index is -0.310. The Labute approximate surface area is 159 Å². The van der Waals surface area contributed by atoms with Gasteiger partial charge in [0.2, 0.25) is 11.9 Å². The van der Waals surface area contributed by atoms with E-state index in [4.69, 9.17) is 15.5 Å². The minimum Gasteiger partial charge on any atom is -0.497 e. The lowest BCUT2D eigenvalue weighted by Gasteiger charge is -2.31. The number of fused-ring (bicyclic) bond motifs is 1. The summed E-state index contributed by atoms with van der Waals surface area (Å²) < 4.78 is 5.89. The van der Waals surface area contributed by atoms with Gasteiger partial charge in [0.05, 0.1) is 18.5 Å². The van der Waals surface area contributed by atoms with E-state index in [0.717, 1.165) is 36.3 Å². The number of benzene rings is 1. The zero-order valence-electron chi connectivity index (χ0n) is 14.9. The standard InChI is InChI=1S/C19H20N4O3S/c1-26-13-6-2-4-11(8-13)14-10-27-16-15(14)21-19(22-18(16)25)23-7-3-5-12(9-23)17(20)24/h2,4,6,8,10,12H,3,5,7,9H2,1H3,(H2,20,24)(H,21,22,25)/t12-/m1/s1. The van der Waals surface area contributed by atoms with E-state index in [9.17, 15) is 9.59 Å². The van der Waals surface area contributed by atoms with E-state index in [2.05, 4.69) is 4.98 Å². The molecule has 1 amide bonds. The largest absolute Gasteiger partial charge is 0.497 e. The zero-order valence-corrected chi connectivity index (χ0v) is 15.7. The van der Waals surface area contributed by atoms with Crippen molar-refractivity contribution < 1.29 is 9.53 Å². The molecule has 1 aliphatic rings. The Balaban J connectivity index is 1.78. The second-order valence-electron chi connectivity index (χ2n) is 6.64. The minimum absolute atomic E-state index is 0.171. The zero-order chi connectivity index (χ0) is 19.0. The molecule has 140 valence electrons. The van der Waals surface area contributed by atoms with E-state index < -0.39 is 0 Å². The summed E-state index contributed by atoms with van der Waals surface area (Å²) >= 11 is 1.37. The number of primary amides is 1. The number of aromatic amines is 1. The number of H-pyrrole nitrogens is 1. The van der Waals surface area contributed by atoms with Gasteiger partial charge in [-0.3, -0.25) is 14.6 Å². The first-order chi connectivity index (χ1) is 13.1. The smallest absolute Gasteiger partial charge is 0.270 e. The van der Waals surface area contributed by atoms with Crippen molar-refractivity contribution in [2.75, 3.05) is 25.1 Å². The fourth-order valence-electron chi connectivity index (χ4n) is 3.46. The highest BCUT2D eigenvalue weighted by molar-refractivity contribution is 7.17. The van der Waals surface area contributed by atoms with Crippen LogP contribution >= 0.6 is 11.3 Å². The predicted octanol–water partition coefficient (Wildman–Crippen LogP) is 2.36. The number of nitrogens with zero attached hydrogens (tertiary/aromatic N) is 2. The molecular weight excluding hydrogens is 364 g/mol. The number of rotatable bonds is 4. The number of piperidine rings is 1. The van der Waals surface area contributed by atoms with Crippen LogP contribution in [0.15, 0.2) is 34.4 Å². The van der Waals surface area contributed by atoms with Crippen LogP contribution in [0.4, 0.5) is 5.95 Å². The maximum absolute atomic E-state index is 12.6. The third kappa shape index (κ3) is 3.28. The molecule has 3 N–H and O–H groups in total. The maximum atomic E-state index is 12.6. The maximum Gasteiger partial charge on any atom is 0.270 e. The summed E-state index contributed by atoms with van der Waals surface area (Å²) in [6.45, 7) is 1.21. The Kier molecular flexibility index (Phi) is 4.57. The third-order valence-electron chi connectivity index (χ3n) is 4.92. The van der Waals surface area contributed by atoms with Crippen LogP contribution in [0.5, 0.6) is 5.75 Å². The number of thiophene rings is 1. The average molecular weight is 384 g/mol. The van der Waals surface area contributed by atoms with Crippen LogP contribution in [-0.2, 0) is 4.79 Å². The van der Waals surface area contributed by atoms with E-state index in [0.29, 0.717) is 22.7 Å². The lowest BCUT2D eigenvalue weighted by Crippen LogP contribution is -2.42. The lowest BCUT2D eigenvalue weighted by molar-refractivity contribution is -0.122. The van der Waals surface area contributed by atoms with Crippen molar-refractivity contribution in [3.63, 3.8) is 0 Å². The lowest BCUT2D eigenvalue weighted by atomic mass is 9.98. The summed E-state index contributed by atoms with van der Waals surface area (Å²) in [6.07, 6.45) is 1.60. The van der Waals surface area contributed by atoms with Crippen molar-refractivity contribution in [2.24, 2.45) is 11.7 Å². The van der Waals surface area contributed by atoms with Crippen LogP contribution < -0.4 is 20.9 Å². The molecule has 0 aliphatic carbocycles. The van der Waals surface area contributed by atoms with Crippen LogP contribution in [0, 0.1) is 5.92 Å². The van der Waals surface area contributed by atoms with Gasteiger partial charge >= 0.3 is 0 Å². The summed E-state index contributed by atoms with van der Waals surface area (Å²) in [5, 5.41) is 1.94. The van der Waals surface area contributed by atoms with Crippen LogP contribution in [0.1, 0.15) is 12.8 Å². The first kappa shape index (κ1) is 17.5. The van der Waals surface area contributed by atoms with E-state index in [-0.39, 0.29) is 17.4 Å². The van der Waals surface area contributed by atoms with Gasteiger partial charge in [-0.1, -0.05) is 12.1 Å². The summed E-state index contributed by atoms with van der Waals surface area (Å²) in [5.41, 5.74) is 7.80. The second kappa shape index (κ2) is 7.03. The fraction of sp³-hybridized carbons (Fsp3) is 0.316. The highest BCUT2D eigenvalue weighted by Crippen LogP contribution is 2.33. The fourth-order valence-corrected chi connectivity index (χ4v) is 4.37. The van der Waals surface area contributed by atoms with E-state index in [1.807, 2.05) is 34.5 Å². The highest BCUT2D eigenvalue weighted by Gasteiger charge is 2.26. The molecule has 8 heteroatoms. The number of hydrogen-bond donors (Lipinski definition) is 2. The second-order valence-corrected chi connectivity index (χ2v) is 7.52. The molecule has 3 aromatic rings. The number of carbonyl (C=O) groups is 1. The molecule has 27 heavy (non-hydrogen) atoms. The Morgan fingerprint density at radius 2 is 2.30 bits per heavy atom. The van der Waals surface area contributed by atoms with Crippen LogP contribution in [0.2, 0.25) is 0 Å². The molecule has 0 saturated carbocycles. The van der Waals surface area contributed by atoms with Gasteiger partial charge in [-0.25, -0.2) is 4.98 Å². The van der Waals surface area contributed by atoms with Crippen molar-refractivity contribution in [3.8, 4) is 16.9 Å². The van der Waals surface area contributed by atoms with Crippen LogP contribution in [-0.4, -0.2) is 36.1 Å². The number of amides is 1. The molecule has 4 rings (SSSR count). The Hall–Kier alpha value is -2.87. The Bertz CT molecular complexity index is 1060. The quantitative estimate of drug-likeness (QED) is 0.719. The monoisotopic (exact) mass is 384 g/mol. The number of carbonyl (C=O) groups excluding carboxylic acids is 1. The van der Waals surface area contributed by atoms with Gasteiger partial charge in [0.1, 0.15) is 10.4 Å². The molecule has 3 heterocycles. The average Bonchev–Trinajstić information content (AvgIpc) is 3.12. The molecule has 0 bridgehead atoms. The molecular formula is C19H20N4O3S. The van der Waals surface area contributed by atoms with Gasteiger partial charge in [0.25, 0.3) is 5.56 Å². The van der Waals surface area contributed by atoms with Gasteiger partial charge in [-0.05, 0) is 30.5 Å². The molecule has 7 nitrogen and oxygen atoms in total. The first-order valence-corrected chi connectivity index (χ1v) is 9.65. The molecule has 0 unspecified atom stereocenters. The van der Waals surface area contributed by atoms with Crippen LogP contribution in [0.3, 0.4) is 0 Å². The summed E-state index contributed by atoms with van der Waals surface area (Å²) in [7, 11) is 1.62. The molecule has 1 saturated heterocycles. The molecule has 1 fully saturated rings. The van der Waals surface area contributed by atoms with Gasteiger partial charge < -0.3 is 15.4 Å². The molecule has 0 radical (unpaired) electrons. The van der Waals surface area contributed by atoms with Crippen LogP contribution in [0.25, 0.3) is 21.3 Å². The predicted molar refractivity (Wildman–Crippen MR) is 106 cm³/mol. The number of hydrogen-bond acceptors (Lipinski definition) is 6. The van der Waals surface area contributed by atoms with E-state index in [1.54, 1.807) is 7.11 Å². The van der Waals surface area contributed by atoms with Gasteiger partial charge in [0, 0.05) is 24.0 Å². The highest BCUT2D eigenvalue weighted by atomic mass is 32.1. The normalized spacial score (nSPS) is 17.2. The Morgan fingerprint density at radius 1 is 1.44 bits per heavy atom. The molecule has 1 atom stereocenters. The van der Waals surface area contributed by atoms with Crippen molar-refractivity contribution in [1.29, 1.82) is 0 Å².